The molecule has 1 fully saturated rings. The van der Waals surface area contributed by atoms with Crippen LogP contribution < -0.4 is 86.6 Å². The van der Waals surface area contributed by atoms with Crippen LogP contribution in [0.2, 0.25) is 0 Å². The molecule has 0 aromatic heterocycles. The molecule has 0 bridgehead atoms. The van der Waals surface area contributed by atoms with Gasteiger partial charge in [-0.25, -0.2) is 0 Å². The summed E-state index contributed by atoms with van der Waals surface area (Å²) >= 11 is 0. The Bertz CT molecular complexity index is 2690. The predicted octanol–water partition coefficient (Wildman–Crippen LogP) is -3.65. The molecule has 2 aliphatic rings. The molecular formula is C58H89N15O13S2. The average Bonchev–Trinajstić information content (AvgIpc) is 3.57. The van der Waals surface area contributed by atoms with Crippen LogP contribution in [0.4, 0.5) is 0 Å². The van der Waals surface area contributed by atoms with Crippen molar-refractivity contribution >= 4 is 80.7 Å². The van der Waals surface area contributed by atoms with Gasteiger partial charge in [0.05, 0.1) is 18.2 Å². The third kappa shape index (κ3) is 24.8. The van der Waals surface area contributed by atoms with Crippen molar-refractivity contribution in [2.75, 3.05) is 38.5 Å². The molecule has 30 heteroatoms. The second-order valence-corrected chi connectivity index (χ2v) is 24.2. The van der Waals surface area contributed by atoms with Crippen molar-refractivity contribution in [3.8, 4) is 5.75 Å². The Morgan fingerprint density at radius 3 is 1.75 bits per heavy atom. The minimum absolute atomic E-state index is 0.0489. The zero-order valence-corrected chi connectivity index (χ0v) is 51.7. The summed E-state index contributed by atoms with van der Waals surface area (Å²) in [4.78, 5) is 142. The summed E-state index contributed by atoms with van der Waals surface area (Å²) in [6.07, 6.45) is 4.16. The fraction of sp³-hybridized carbons (Fsp3) is 0.552. The maximum atomic E-state index is 14.5. The van der Waals surface area contributed by atoms with E-state index in [1.165, 1.54) is 35.4 Å². The van der Waals surface area contributed by atoms with E-state index in [4.69, 9.17) is 33.4 Å². The van der Waals surface area contributed by atoms with Crippen LogP contribution in [-0.4, -0.2) is 186 Å². The number of aliphatic hydroxyl groups excluding tert-OH is 2. The predicted molar refractivity (Wildman–Crippen MR) is 333 cm³/mol. The van der Waals surface area contributed by atoms with E-state index in [1.54, 1.807) is 44.2 Å². The number of ether oxygens (including phenoxy) is 1. The second-order valence-electron chi connectivity index (χ2n) is 21.7. The highest BCUT2D eigenvalue weighted by atomic mass is 33.1. The molecule has 0 radical (unpaired) electrons. The van der Waals surface area contributed by atoms with Crippen LogP contribution in [0.15, 0.2) is 83.8 Å². The maximum Gasteiger partial charge on any atom is 0.245 e. The second kappa shape index (κ2) is 38.3. The molecule has 13 atom stereocenters. The van der Waals surface area contributed by atoms with Crippen LogP contribution in [0.3, 0.4) is 0 Å². The van der Waals surface area contributed by atoms with Crippen molar-refractivity contribution in [3.05, 3.63) is 84.5 Å². The van der Waals surface area contributed by atoms with E-state index >= 15 is 0 Å². The van der Waals surface area contributed by atoms with Gasteiger partial charge in [-0.05, 0) is 120 Å². The highest BCUT2D eigenvalue weighted by molar-refractivity contribution is 8.76. The van der Waals surface area contributed by atoms with Crippen molar-refractivity contribution in [1.82, 2.24) is 53.2 Å². The van der Waals surface area contributed by atoms with E-state index in [-0.39, 0.29) is 82.5 Å². The fourth-order valence-corrected chi connectivity index (χ4v) is 11.2. The van der Waals surface area contributed by atoms with Gasteiger partial charge in [-0.15, -0.1) is 0 Å². The number of aliphatic hydroxyl groups is 2. The molecule has 1 unspecified atom stereocenters. The van der Waals surface area contributed by atoms with E-state index in [0.29, 0.717) is 11.3 Å². The molecular weight excluding hydrogens is 1180 g/mol. The lowest BCUT2D eigenvalue weighted by Crippen LogP contribution is -2.62. The summed E-state index contributed by atoms with van der Waals surface area (Å²) in [6, 6.07) is 1.32. The molecule has 1 saturated heterocycles. The molecule has 486 valence electrons. The largest absolute Gasteiger partial charge is 0.486 e. The Balaban J connectivity index is 1.62. The zero-order chi connectivity index (χ0) is 64.9. The monoisotopic (exact) mass is 1270 g/mol. The Hall–Kier alpha value is -7.16. The first-order chi connectivity index (χ1) is 42.0. The molecule has 88 heavy (non-hydrogen) atoms. The van der Waals surface area contributed by atoms with Crippen molar-refractivity contribution in [1.29, 1.82) is 0 Å². The molecule has 10 amide bonds. The number of amides is 10. The molecule has 0 spiro atoms. The topological polar surface area (TPSA) is 471 Å². The quantitative estimate of drug-likeness (QED) is 0.0404. The lowest BCUT2D eigenvalue weighted by molar-refractivity contribution is -0.136. The first kappa shape index (κ1) is 73.3. The SMILES string of the molecule is CC(C)C[C@@H]1NC(=O)[C@@H](Cc2ccccc2)NC(=O)[C@H](CCN)NC(=O)[C@@H](NC(=O)[C@H](CCN)NC(=O)[C@@H](NC(=O)[C@@H](N)CSSc2ccc(OC3C=CC=CC3)cc2)[C@@H](C)O)CCNC(=O)[C@H]([C@@H](C)O)NC(=O)[C@H](CCN)NC(=O)[C@H](CCN)NC1=O. The minimum Gasteiger partial charge on any atom is -0.486 e. The van der Waals surface area contributed by atoms with Gasteiger partial charge in [0.1, 0.15) is 66.2 Å². The number of allylic oxidation sites excluding steroid dienone is 2. The minimum atomic E-state index is -1.68. The number of carbonyl (C=O) groups excluding carboxylic acids is 10. The fourth-order valence-electron chi connectivity index (χ4n) is 9.09. The van der Waals surface area contributed by atoms with Gasteiger partial charge in [0.15, 0.2) is 0 Å². The van der Waals surface area contributed by atoms with E-state index < -0.39 is 145 Å². The van der Waals surface area contributed by atoms with E-state index in [0.717, 1.165) is 11.3 Å². The summed E-state index contributed by atoms with van der Waals surface area (Å²) in [6.45, 7) is 4.91. The van der Waals surface area contributed by atoms with Crippen LogP contribution in [0.1, 0.15) is 78.2 Å². The van der Waals surface area contributed by atoms with Crippen LogP contribution in [0.25, 0.3) is 0 Å². The first-order valence-corrected chi connectivity index (χ1v) is 31.7. The van der Waals surface area contributed by atoms with Gasteiger partial charge < -0.3 is 96.8 Å². The summed E-state index contributed by atoms with van der Waals surface area (Å²) in [5.41, 5.74) is 30.4. The number of rotatable bonds is 26. The Morgan fingerprint density at radius 2 is 1.20 bits per heavy atom. The lowest BCUT2D eigenvalue weighted by atomic mass is 10.00. The van der Waals surface area contributed by atoms with Crippen LogP contribution in [0, 0.1) is 5.92 Å². The third-order valence-electron chi connectivity index (χ3n) is 13.9. The number of carbonyl (C=O) groups is 10. The van der Waals surface area contributed by atoms with Gasteiger partial charge in [-0.2, -0.15) is 0 Å². The molecule has 2 aromatic carbocycles. The summed E-state index contributed by atoms with van der Waals surface area (Å²) in [7, 11) is 2.63. The van der Waals surface area contributed by atoms with Crippen molar-refractivity contribution in [2.24, 2.45) is 34.6 Å². The molecule has 1 heterocycles. The molecule has 28 nitrogen and oxygen atoms in total. The van der Waals surface area contributed by atoms with Crippen molar-refractivity contribution in [3.63, 3.8) is 0 Å². The maximum absolute atomic E-state index is 14.5. The summed E-state index contributed by atoms with van der Waals surface area (Å²) < 4.78 is 5.98. The number of nitrogens with one attached hydrogen (secondary N) is 10. The normalized spacial score (nSPS) is 23.7. The number of hydrogen-bond acceptors (Lipinski definition) is 20. The smallest absolute Gasteiger partial charge is 0.245 e. The number of nitrogens with two attached hydrogens (primary N) is 5. The van der Waals surface area contributed by atoms with E-state index in [2.05, 4.69) is 53.2 Å². The van der Waals surface area contributed by atoms with E-state index in [1.807, 2.05) is 48.6 Å². The summed E-state index contributed by atoms with van der Waals surface area (Å²) in [5, 5.41) is 47.1. The van der Waals surface area contributed by atoms with Crippen molar-refractivity contribution < 1.29 is 62.9 Å². The van der Waals surface area contributed by atoms with Gasteiger partial charge in [-0.1, -0.05) is 84.0 Å². The van der Waals surface area contributed by atoms with Gasteiger partial charge in [0, 0.05) is 30.0 Å². The summed E-state index contributed by atoms with van der Waals surface area (Å²) in [5.74, 6) is -8.61. The van der Waals surface area contributed by atoms with Crippen LogP contribution >= 0.6 is 21.6 Å². The Labute approximate surface area is 520 Å². The lowest BCUT2D eigenvalue weighted by Gasteiger charge is -2.28. The van der Waals surface area contributed by atoms with Gasteiger partial charge >= 0.3 is 0 Å². The Morgan fingerprint density at radius 1 is 0.648 bits per heavy atom. The first-order valence-electron chi connectivity index (χ1n) is 29.3. The Kier molecular flexibility index (Phi) is 31.9. The molecule has 0 saturated carbocycles. The van der Waals surface area contributed by atoms with Crippen molar-refractivity contribution in [2.45, 2.75) is 163 Å². The molecule has 2 aromatic rings. The van der Waals surface area contributed by atoms with Crippen LogP contribution in [-0.2, 0) is 54.4 Å². The average molecular weight is 1270 g/mol. The molecule has 22 N–H and O–H groups in total. The number of benzene rings is 2. The van der Waals surface area contributed by atoms with Gasteiger partial charge in [0.25, 0.3) is 0 Å². The highest BCUT2D eigenvalue weighted by Crippen LogP contribution is 2.32. The van der Waals surface area contributed by atoms with Gasteiger partial charge in [0.2, 0.25) is 59.1 Å². The number of hydrogen-bond donors (Lipinski definition) is 17. The zero-order valence-electron chi connectivity index (χ0n) is 50.1. The highest BCUT2D eigenvalue weighted by Gasteiger charge is 2.37. The van der Waals surface area contributed by atoms with Crippen LogP contribution in [0.5, 0.6) is 5.75 Å². The van der Waals surface area contributed by atoms with Gasteiger partial charge in [-0.3, -0.25) is 47.9 Å². The molecule has 1 aliphatic heterocycles. The third-order valence-corrected chi connectivity index (χ3v) is 16.3. The molecule has 1 aliphatic carbocycles. The molecule has 4 rings (SSSR count). The standard InChI is InChI=1S/C58H89N15O13S2/c1-32(2)29-45-55(82)67-40(19-24-59)50(77)66-43(22-27-62)54(81)73-47(33(3)74)57(84)64-28-23-44(53(80)65-41(20-25-60)52(79)71-46(56(83)70-45)30-35-11-7-5-8-12-35)68-51(78)42(21-26-61)69-58(85)48(34(4)75)72-49(76)39(63)31-87-88-38-17-15-37(16-18-38)86-36-13-9-6-10-14-36/h5-13,15-18,32-34,36,39-48,74-75H,14,19-31,59-63H2,1-4H3,(H,64,84)(H,65,80)(H,66,77)(H,67,82)(H,68,78)(H,69,85)(H,70,83)(H,71,79)(H,72,76)(H,73,81)/t33-,34-,36?,39+,40+,41+,42+,43+,44+,45+,46-,47+,48+/m1/s1. The van der Waals surface area contributed by atoms with E-state index in [9.17, 15) is 58.2 Å².